The van der Waals surface area contributed by atoms with Crippen LogP contribution in [0.25, 0.3) is 0 Å². The highest BCUT2D eigenvalue weighted by Gasteiger charge is 2.13. The molecule has 0 heterocycles. The average Bonchev–Trinajstić information content (AvgIpc) is 2.04. The van der Waals surface area contributed by atoms with Gasteiger partial charge in [0.2, 0.25) is 5.91 Å². The SMILES string of the molecule is CCN(CC)C(=O)COCC(C)(C)N. The highest BCUT2D eigenvalue weighted by atomic mass is 16.5. The van der Waals surface area contributed by atoms with Gasteiger partial charge in [-0.1, -0.05) is 0 Å². The largest absolute Gasteiger partial charge is 0.370 e. The molecule has 0 unspecified atom stereocenters. The second kappa shape index (κ2) is 5.98. The summed E-state index contributed by atoms with van der Waals surface area (Å²) in [5, 5.41) is 0. The molecular weight excluding hydrogens is 180 g/mol. The first-order valence-electron chi connectivity index (χ1n) is 5.05. The van der Waals surface area contributed by atoms with E-state index in [9.17, 15) is 4.79 Å². The molecule has 0 aliphatic rings. The molecule has 0 bridgehead atoms. The third-order valence-corrected chi connectivity index (χ3v) is 1.82. The first-order chi connectivity index (χ1) is 6.40. The quantitative estimate of drug-likeness (QED) is 0.686. The van der Waals surface area contributed by atoms with Crippen LogP contribution in [0.15, 0.2) is 0 Å². The van der Waals surface area contributed by atoms with Gasteiger partial charge >= 0.3 is 0 Å². The van der Waals surface area contributed by atoms with E-state index < -0.39 is 0 Å². The van der Waals surface area contributed by atoms with Crippen molar-refractivity contribution >= 4 is 5.91 Å². The number of hydrogen-bond donors (Lipinski definition) is 1. The van der Waals surface area contributed by atoms with E-state index >= 15 is 0 Å². The molecule has 0 fully saturated rings. The Balaban J connectivity index is 3.74. The maximum absolute atomic E-state index is 11.5. The molecule has 0 atom stereocenters. The van der Waals surface area contributed by atoms with Gasteiger partial charge < -0.3 is 15.4 Å². The normalized spacial score (nSPS) is 11.5. The van der Waals surface area contributed by atoms with Crippen LogP contribution >= 0.6 is 0 Å². The number of likely N-dealkylation sites (N-methyl/N-ethyl adjacent to an activating group) is 1. The predicted octanol–water partition coefficient (Wildman–Crippen LogP) is 0.609. The lowest BCUT2D eigenvalue weighted by molar-refractivity contribution is -0.136. The van der Waals surface area contributed by atoms with Crippen LogP contribution < -0.4 is 5.73 Å². The van der Waals surface area contributed by atoms with Gasteiger partial charge in [0, 0.05) is 18.6 Å². The van der Waals surface area contributed by atoms with Gasteiger partial charge in [-0.05, 0) is 27.7 Å². The molecule has 1 amide bonds. The number of nitrogens with zero attached hydrogens (tertiary/aromatic N) is 1. The van der Waals surface area contributed by atoms with Crippen LogP contribution in [-0.2, 0) is 9.53 Å². The zero-order valence-electron chi connectivity index (χ0n) is 9.67. The first-order valence-corrected chi connectivity index (χ1v) is 5.05. The van der Waals surface area contributed by atoms with Crippen molar-refractivity contribution < 1.29 is 9.53 Å². The van der Waals surface area contributed by atoms with Crippen LogP contribution in [0.2, 0.25) is 0 Å². The Bertz CT molecular complexity index is 171. The highest BCUT2D eigenvalue weighted by molar-refractivity contribution is 5.77. The number of hydrogen-bond acceptors (Lipinski definition) is 3. The van der Waals surface area contributed by atoms with Crippen molar-refractivity contribution in [3.63, 3.8) is 0 Å². The van der Waals surface area contributed by atoms with Gasteiger partial charge in [-0.2, -0.15) is 0 Å². The predicted molar refractivity (Wildman–Crippen MR) is 57.0 cm³/mol. The van der Waals surface area contributed by atoms with Crippen LogP contribution in [0.4, 0.5) is 0 Å². The van der Waals surface area contributed by atoms with E-state index in [4.69, 9.17) is 10.5 Å². The van der Waals surface area contributed by atoms with Gasteiger partial charge in [-0.25, -0.2) is 0 Å². The summed E-state index contributed by atoms with van der Waals surface area (Å²) in [4.78, 5) is 13.2. The maximum atomic E-state index is 11.5. The Morgan fingerprint density at radius 3 is 2.21 bits per heavy atom. The molecule has 0 aliphatic heterocycles. The summed E-state index contributed by atoms with van der Waals surface area (Å²) in [7, 11) is 0. The molecule has 4 nitrogen and oxygen atoms in total. The van der Waals surface area contributed by atoms with E-state index in [1.807, 2.05) is 27.7 Å². The fourth-order valence-electron chi connectivity index (χ4n) is 1.07. The smallest absolute Gasteiger partial charge is 0.248 e. The number of ether oxygens (including phenoxy) is 1. The van der Waals surface area contributed by atoms with Gasteiger partial charge in [0.1, 0.15) is 6.61 Å². The average molecular weight is 202 g/mol. The molecule has 0 aromatic carbocycles. The van der Waals surface area contributed by atoms with Crippen LogP contribution in [0.5, 0.6) is 0 Å². The van der Waals surface area contributed by atoms with Crippen molar-refractivity contribution in [2.45, 2.75) is 33.2 Å². The second-order valence-corrected chi connectivity index (χ2v) is 4.05. The summed E-state index contributed by atoms with van der Waals surface area (Å²) in [6.07, 6.45) is 0. The monoisotopic (exact) mass is 202 g/mol. The van der Waals surface area contributed by atoms with E-state index in [-0.39, 0.29) is 18.1 Å². The molecular formula is C10H22N2O2. The fraction of sp³-hybridized carbons (Fsp3) is 0.900. The van der Waals surface area contributed by atoms with E-state index in [0.717, 1.165) is 13.1 Å². The summed E-state index contributed by atoms with van der Waals surface area (Å²) in [5.41, 5.74) is 5.34. The minimum Gasteiger partial charge on any atom is -0.370 e. The standard InChI is InChI=1S/C10H22N2O2/c1-5-12(6-2)9(13)7-14-8-10(3,4)11/h5-8,11H2,1-4H3. The summed E-state index contributed by atoms with van der Waals surface area (Å²) in [5.74, 6) is 0.0271. The molecule has 0 aromatic heterocycles. The van der Waals surface area contributed by atoms with E-state index in [1.165, 1.54) is 0 Å². The zero-order chi connectivity index (χ0) is 11.2. The molecule has 14 heavy (non-hydrogen) atoms. The molecule has 4 heteroatoms. The number of rotatable bonds is 6. The van der Waals surface area contributed by atoms with Gasteiger partial charge in [-0.3, -0.25) is 4.79 Å². The molecule has 0 saturated heterocycles. The van der Waals surface area contributed by atoms with Gasteiger partial charge in [0.05, 0.1) is 6.61 Å². The topological polar surface area (TPSA) is 55.6 Å². The zero-order valence-corrected chi connectivity index (χ0v) is 9.67. The Kier molecular flexibility index (Phi) is 5.72. The van der Waals surface area contributed by atoms with Crippen molar-refractivity contribution in [1.82, 2.24) is 4.90 Å². The Morgan fingerprint density at radius 1 is 1.36 bits per heavy atom. The van der Waals surface area contributed by atoms with Crippen molar-refractivity contribution in [3.05, 3.63) is 0 Å². The highest BCUT2D eigenvalue weighted by Crippen LogP contribution is 1.97. The Morgan fingerprint density at radius 2 is 1.86 bits per heavy atom. The molecule has 0 spiro atoms. The number of carbonyl (C=O) groups excluding carboxylic acids is 1. The molecule has 0 aliphatic carbocycles. The van der Waals surface area contributed by atoms with Crippen molar-refractivity contribution in [3.8, 4) is 0 Å². The molecule has 0 saturated carbocycles. The second-order valence-electron chi connectivity index (χ2n) is 4.05. The first kappa shape index (κ1) is 13.4. The van der Waals surface area contributed by atoms with Gasteiger partial charge in [0.15, 0.2) is 0 Å². The third-order valence-electron chi connectivity index (χ3n) is 1.82. The van der Waals surface area contributed by atoms with Crippen LogP contribution in [0, 0.1) is 0 Å². The molecule has 84 valence electrons. The fourth-order valence-corrected chi connectivity index (χ4v) is 1.07. The Labute approximate surface area is 86.4 Å². The summed E-state index contributed by atoms with van der Waals surface area (Å²) in [6.45, 7) is 9.63. The van der Waals surface area contributed by atoms with E-state index in [2.05, 4.69) is 0 Å². The van der Waals surface area contributed by atoms with Crippen LogP contribution in [0.3, 0.4) is 0 Å². The van der Waals surface area contributed by atoms with Crippen LogP contribution in [0.1, 0.15) is 27.7 Å². The number of amides is 1. The lowest BCUT2D eigenvalue weighted by atomic mass is 10.1. The van der Waals surface area contributed by atoms with Crippen LogP contribution in [-0.4, -0.2) is 42.6 Å². The maximum Gasteiger partial charge on any atom is 0.248 e. The minimum atomic E-state index is -0.371. The molecule has 0 radical (unpaired) electrons. The number of nitrogens with two attached hydrogens (primary N) is 1. The molecule has 2 N–H and O–H groups in total. The summed E-state index contributed by atoms with van der Waals surface area (Å²) >= 11 is 0. The van der Waals surface area contributed by atoms with Crippen molar-refractivity contribution in [2.24, 2.45) is 5.73 Å². The van der Waals surface area contributed by atoms with Gasteiger partial charge in [0.25, 0.3) is 0 Å². The lowest BCUT2D eigenvalue weighted by Crippen LogP contribution is -2.40. The molecule has 0 rings (SSSR count). The number of carbonyl (C=O) groups is 1. The molecule has 0 aromatic rings. The minimum absolute atomic E-state index is 0.0271. The summed E-state index contributed by atoms with van der Waals surface area (Å²) in [6, 6.07) is 0. The van der Waals surface area contributed by atoms with Gasteiger partial charge in [-0.15, -0.1) is 0 Å². The third kappa shape index (κ3) is 5.94. The van der Waals surface area contributed by atoms with Crippen molar-refractivity contribution in [1.29, 1.82) is 0 Å². The van der Waals surface area contributed by atoms with E-state index in [1.54, 1.807) is 4.90 Å². The van der Waals surface area contributed by atoms with Crippen molar-refractivity contribution in [2.75, 3.05) is 26.3 Å². The summed E-state index contributed by atoms with van der Waals surface area (Å²) < 4.78 is 5.23. The van der Waals surface area contributed by atoms with E-state index in [0.29, 0.717) is 6.61 Å². The lowest BCUT2D eigenvalue weighted by Gasteiger charge is -2.21. The Hall–Kier alpha value is -0.610.